The topological polar surface area (TPSA) is 12.5 Å². The molecule has 2 nitrogen and oxygen atoms in total. The first kappa shape index (κ1) is 15.5. The minimum absolute atomic E-state index is 0.389. The minimum Gasteiger partial charge on any atom is -0.381 e. The molecule has 0 N–H and O–H groups in total. The van der Waals surface area contributed by atoms with Crippen LogP contribution in [-0.4, -0.2) is 36.0 Å². The zero-order valence-electron chi connectivity index (χ0n) is 11.9. The normalized spacial score (nSPS) is 19.2. The van der Waals surface area contributed by atoms with Gasteiger partial charge in [-0.15, -0.1) is 11.3 Å². The summed E-state index contributed by atoms with van der Waals surface area (Å²) in [6.45, 7) is 8.67. The molecule has 1 aromatic rings. The first-order valence-electron chi connectivity index (χ1n) is 7.05. The lowest BCUT2D eigenvalue weighted by molar-refractivity contribution is 0.00142. The fourth-order valence-corrected chi connectivity index (χ4v) is 4.06. The molecule has 1 aromatic heterocycles. The molecule has 1 fully saturated rings. The van der Waals surface area contributed by atoms with Crippen LogP contribution < -0.4 is 0 Å². The summed E-state index contributed by atoms with van der Waals surface area (Å²) in [4.78, 5) is 4.07. The van der Waals surface area contributed by atoms with Crippen LogP contribution in [-0.2, 0) is 11.3 Å². The maximum absolute atomic E-state index is 5.54. The minimum atomic E-state index is 0.389. The maximum Gasteiger partial charge on any atom is 0.0472 e. The van der Waals surface area contributed by atoms with Crippen molar-refractivity contribution in [1.29, 1.82) is 0 Å². The van der Waals surface area contributed by atoms with Gasteiger partial charge >= 0.3 is 0 Å². The van der Waals surface area contributed by atoms with E-state index in [1.165, 1.54) is 17.7 Å². The van der Waals surface area contributed by atoms with Crippen molar-refractivity contribution < 1.29 is 4.74 Å². The van der Waals surface area contributed by atoms with Crippen LogP contribution in [0.3, 0.4) is 0 Å². The third-order valence-corrected chi connectivity index (χ3v) is 6.10. The number of alkyl halides is 1. The molecule has 19 heavy (non-hydrogen) atoms. The van der Waals surface area contributed by atoms with E-state index in [4.69, 9.17) is 4.74 Å². The van der Waals surface area contributed by atoms with E-state index < -0.39 is 0 Å². The van der Waals surface area contributed by atoms with E-state index in [0.29, 0.717) is 11.5 Å². The van der Waals surface area contributed by atoms with Crippen molar-refractivity contribution in [2.24, 2.45) is 5.41 Å². The highest BCUT2D eigenvalue weighted by Gasteiger charge is 2.34. The van der Waals surface area contributed by atoms with E-state index in [9.17, 15) is 0 Å². The lowest BCUT2D eigenvalue weighted by Crippen LogP contribution is -2.44. The van der Waals surface area contributed by atoms with Crippen molar-refractivity contribution in [2.75, 3.05) is 25.1 Å². The standard InChI is InChI=1S/C15H24BrNOS/c1-13(2)17(10-14-4-3-9-19-14)12-15(11-16)5-7-18-8-6-15/h3-4,9,13H,5-8,10-12H2,1-2H3. The van der Waals surface area contributed by atoms with Gasteiger partial charge < -0.3 is 4.74 Å². The number of hydrogen-bond donors (Lipinski definition) is 0. The van der Waals surface area contributed by atoms with Crippen LogP contribution in [0.4, 0.5) is 0 Å². The average molecular weight is 346 g/mol. The number of nitrogens with zero attached hydrogens (tertiary/aromatic N) is 1. The summed E-state index contributed by atoms with van der Waals surface area (Å²) >= 11 is 5.60. The number of thiophene rings is 1. The Balaban J connectivity index is 2.02. The Hall–Kier alpha value is 0.1000. The molecule has 108 valence electrons. The third kappa shape index (κ3) is 4.28. The number of rotatable bonds is 6. The zero-order chi connectivity index (χ0) is 13.7. The van der Waals surface area contributed by atoms with Gasteiger partial charge in [0.1, 0.15) is 0 Å². The lowest BCUT2D eigenvalue weighted by atomic mass is 9.81. The summed E-state index contributed by atoms with van der Waals surface area (Å²) in [7, 11) is 0. The highest BCUT2D eigenvalue weighted by molar-refractivity contribution is 9.09. The Kier molecular flexibility index (Phi) is 5.87. The fourth-order valence-electron chi connectivity index (χ4n) is 2.59. The second-order valence-corrected chi connectivity index (χ2v) is 7.42. The highest BCUT2D eigenvalue weighted by atomic mass is 79.9. The second-order valence-electron chi connectivity index (χ2n) is 5.82. The van der Waals surface area contributed by atoms with Crippen LogP contribution in [0.1, 0.15) is 31.6 Å². The average Bonchev–Trinajstić information content (AvgIpc) is 2.92. The van der Waals surface area contributed by atoms with Crippen molar-refractivity contribution in [3.05, 3.63) is 22.4 Å². The van der Waals surface area contributed by atoms with E-state index in [-0.39, 0.29) is 0 Å². The van der Waals surface area contributed by atoms with Gasteiger partial charge in [-0.3, -0.25) is 4.90 Å². The smallest absolute Gasteiger partial charge is 0.0472 e. The van der Waals surface area contributed by atoms with Crippen molar-refractivity contribution >= 4 is 27.3 Å². The van der Waals surface area contributed by atoms with Gasteiger partial charge in [0.25, 0.3) is 0 Å². The molecule has 0 amide bonds. The van der Waals surface area contributed by atoms with E-state index in [1.54, 1.807) is 0 Å². The van der Waals surface area contributed by atoms with Gasteiger partial charge in [-0.05, 0) is 43.6 Å². The zero-order valence-corrected chi connectivity index (χ0v) is 14.3. The van der Waals surface area contributed by atoms with Crippen molar-refractivity contribution in [2.45, 2.75) is 39.3 Å². The van der Waals surface area contributed by atoms with E-state index in [0.717, 1.165) is 31.6 Å². The van der Waals surface area contributed by atoms with Crippen molar-refractivity contribution in [1.82, 2.24) is 4.90 Å². The quantitative estimate of drug-likeness (QED) is 0.718. The van der Waals surface area contributed by atoms with Crippen molar-refractivity contribution in [3.8, 4) is 0 Å². The Morgan fingerprint density at radius 1 is 1.42 bits per heavy atom. The van der Waals surface area contributed by atoms with E-state index >= 15 is 0 Å². The lowest BCUT2D eigenvalue weighted by Gasteiger charge is -2.41. The molecular weight excluding hydrogens is 322 g/mol. The summed E-state index contributed by atoms with van der Waals surface area (Å²) in [6.07, 6.45) is 2.35. The Morgan fingerprint density at radius 2 is 2.16 bits per heavy atom. The van der Waals surface area contributed by atoms with Gasteiger partial charge in [0.2, 0.25) is 0 Å². The SMILES string of the molecule is CC(C)N(Cc1cccs1)CC1(CBr)CCOCC1. The number of halogens is 1. The van der Waals surface area contributed by atoms with Crippen LogP contribution in [0.25, 0.3) is 0 Å². The molecule has 0 aliphatic carbocycles. The molecule has 0 atom stereocenters. The molecule has 2 heterocycles. The van der Waals surface area contributed by atoms with Gasteiger partial charge in [0.05, 0.1) is 0 Å². The largest absolute Gasteiger partial charge is 0.381 e. The number of ether oxygens (including phenoxy) is 1. The second kappa shape index (κ2) is 7.21. The first-order chi connectivity index (χ1) is 9.15. The summed E-state index contributed by atoms with van der Waals surface area (Å²) in [5.74, 6) is 0. The van der Waals surface area contributed by atoms with E-state index in [2.05, 4.69) is 52.2 Å². The fraction of sp³-hybridized carbons (Fsp3) is 0.733. The summed E-state index contributed by atoms with van der Waals surface area (Å²) in [5.41, 5.74) is 0.389. The summed E-state index contributed by atoms with van der Waals surface area (Å²) in [6, 6.07) is 4.97. The number of hydrogen-bond acceptors (Lipinski definition) is 3. The molecule has 0 radical (unpaired) electrons. The summed E-state index contributed by atoms with van der Waals surface area (Å²) in [5, 5.41) is 3.25. The molecule has 4 heteroatoms. The van der Waals surface area contributed by atoms with Gasteiger partial charge in [-0.2, -0.15) is 0 Å². The predicted octanol–water partition coefficient (Wildman–Crippen LogP) is 4.15. The molecule has 0 spiro atoms. The van der Waals surface area contributed by atoms with Crippen LogP contribution in [0.5, 0.6) is 0 Å². The Labute approximate surface area is 129 Å². The molecule has 0 bridgehead atoms. The molecule has 1 saturated heterocycles. The molecule has 1 aliphatic heterocycles. The maximum atomic E-state index is 5.54. The molecule has 2 rings (SSSR count). The highest BCUT2D eigenvalue weighted by Crippen LogP contribution is 2.34. The van der Waals surface area contributed by atoms with Gasteiger partial charge in [0.15, 0.2) is 0 Å². The van der Waals surface area contributed by atoms with Crippen LogP contribution in [0.2, 0.25) is 0 Å². The molecule has 0 aromatic carbocycles. The molecule has 0 unspecified atom stereocenters. The van der Waals surface area contributed by atoms with Gasteiger partial charge in [0, 0.05) is 42.6 Å². The van der Waals surface area contributed by atoms with E-state index in [1.807, 2.05) is 11.3 Å². The Morgan fingerprint density at radius 3 is 2.68 bits per heavy atom. The molecule has 0 saturated carbocycles. The van der Waals surface area contributed by atoms with Gasteiger partial charge in [-0.1, -0.05) is 22.0 Å². The Bertz CT molecular complexity index is 360. The first-order valence-corrected chi connectivity index (χ1v) is 9.05. The predicted molar refractivity (Wildman–Crippen MR) is 86.1 cm³/mol. The molecule has 1 aliphatic rings. The molecular formula is C15H24BrNOS. The van der Waals surface area contributed by atoms with Crippen LogP contribution in [0.15, 0.2) is 17.5 Å². The van der Waals surface area contributed by atoms with Gasteiger partial charge in [-0.25, -0.2) is 0 Å². The third-order valence-electron chi connectivity index (χ3n) is 4.04. The van der Waals surface area contributed by atoms with Crippen molar-refractivity contribution in [3.63, 3.8) is 0 Å². The van der Waals surface area contributed by atoms with Crippen LogP contribution >= 0.6 is 27.3 Å². The van der Waals surface area contributed by atoms with Crippen LogP contribution in [0, 0.1) is 5.41 Å². The summed E-state index contributed by atoms with van der Waals surface area (Å²) < 4.78 is 5.54. The monoisotopic (exact) mass is 345 g/mol.